The van der Waals surface area contributed by atoms with Crippen molar-refractivity contribution < 1.29 is 22.7 Å². The molecule has 0 unspecified atom stereocenters. The number of carbonyl (C=O) groups excluding carboxylic acids is 2. The van der Waals surface area contributed by atoms with Crippen molar-refractivity contribution >= 4 is 21.7 Å². The van der Waals surface area contributed by atoms with Crippen molar-refractivity contribution in [3.05, 3.63) is 30.3 Å². The minimum atomic E-state index is -3.86. The number of hydrogen-bond donors (Lipinski definition) is 1. The summed E-state index contributed by atoms with van der Waals surface area (Å²) in [5.74, 6) is -1.31. The van der Waals surface area contributed by atoms with Crippen molar-refractivity contribution in [2.24, 2.45) is 0 Å². The molecule has 1 saturated carbocycles. The normalized spacial score (nSPS) is 17.0. The molecule has 1 fully saturated rings. The van der Waals surface area contributed by atoms with E-state index in [-0.39, 0.29) is 17.7 Å². The van der Waals surface area contributed by atoms with Crippen LogP contribution in [-0.2, 0) is 24.2 Å². The highest BCUT2D eigenvalue weighted by molar-refractivity contribution is 7.93. The van der Waals surface area contributed by atoms with Gasteiger partial charge >= 0.3 is 5.97 Å². The fourth-order valence-electron chi connectivity index (χ4n) is 2.69. The zero-order chi connectivity index (χ0) is 16.2. The maximum absolute atomic E-state index is 12.9. The average Bonchev–Trinajstić information content (AvgIpc) is 3.04. The van der Waals surface area contributed by atoms with Gasteiger partial charge in [0.15, 0.2) is 21.2 Å². The molecule has 1 aromatic carbocycles. The Balaban J connectivity index is 2.32. The summed E-state index contributed by atoms with van der Waals surface area (Å²) in [5, 5.41) is 2.33. The second-order valence-corrected chi connectivity index (χ2v) is 7.53. The van der Waals surface area contributed by atoms with Crippen molar-refractivity contribution in [3.63, 3.8) is 0 Å². The Morgan fingerprint density at radius 2 is 1.77 bits per heavy atom. The predicted molar refractivity (Wildman–Crippen MR) is 79.9 cm³/mol. The largest absolute Gasteiger partial charge is 0.454 e. The molecule has 0 bridgehead atoms. The second kappa shape index (κ2) is 6.48. The molecule has 0 atom stereocenters. The van der Waals surface area contributed by atoms with E-state index in [0.29, 0.717) is 12.8 Å². The Morgan fingerprint density at radius 1 is 1.18 bits per heavy atom. The van der Waals surface area contributed by atoms with Gasteiger partial charge in [0.25, 0.3) is 5.91 Å². The molecule has 6 nitrogen and oxygen atoms in total. The molecule has 0 radical (unpaired) electrons. The number of rotatable bonds is 5. The number of carbonyl (C=O) groups is 2. The van der Waals surface area contributed by atoms with Crippen molar-refractivity contribution in [1.82, 2.24) is 5.32 Å². The first-order valence-corrected chi connectivity index (χ1v) is 8.60. The van der Waals surface area contributed by atoms with Gasteiger partial charge in [0.2, 0.25) is 0 Å². The highest BCUT2D eigenvalue weighted by Gasteiger charge is 2.54. The Bertz CT molecular complexity index is 648. The summed E-state index contributed by atoms with van der Waals surface area (Å²) in [5.41, 5.74) is 0. The average molecular weight is 325 g/mol. The lowest BCUT2D eigenvalue weighted by Crippen LogP contribution is -2.46. The number of benzene rings is 1. The Kier molecular flexibility index (Phi) is 4.85. The molecule has 0 aliphatic heterocycles. The number of esters is 1. The van der Waals surface area contributed by atoms with Crippen LogP contribution in [0.4, 0.5) is 0 Å². The number of nitrogens with one attached hydrogen (secondary N) is 1. The van der Waals surface area contributed by atoms with Gasteiger partial charge in [0.05, 0.1) is 4.90 Å². The predicted octanol–water partition coefficient (Wildman–Crippen LogP) is 1.06. The van der Waals surface area contributed by atoms with E-state index in [1.54, 1.807) is 18.2 Å². The number of likely N-dealkylation sites (N-methyl/N-ethyl adjacent to an activating group) is 1. The minimum Gasteiger partial charge on any atom is -0.454 e. The third-order valence-electron chi connectivity index (χ3n) is 3.96. The van der Waals surface area contributed by atoms with Crippen LogP contribution in [0.1, 0.15) is 25.7 Å². The molecule has 120 valence electrons. The Hall–Kier alpha value is -1.89. The van der Waals surface area contributed by atoms with Gasteiger partial charge < -0.3 is 10.1 Å². The topological polar surface area (TPSA) is 89.5 Å². The Labute approximate surface area is 129 Å². The van der Waals surface area contributed by atoms with E-state index < -0.39 is 33.1 Å². The molecular weight excluding hydrogens is 306 g/mol. The molecule has 1 aromatic rings. The highest BCUT2D eigenvalue weighted by Crippen LogP contribution is 2.41. The maximum Gasteiger partial charge on any atom is 0.328 e. The molecule has 0 saturated heterocycles. The lowest BCUT2D eigenvalue weighted by atomic mass is 10.1. The molecule has 0 aromatic heterocycles. The van der Waals surface area contributed by atoms with E-state index in [1.807, 2.05) is 0 Å². The lowest BCUT2D eigenvalue weighted by Gasteiger charge is -2.26. The molecule has 2 rings (SSSR count). The zero-order valence-electron chi connectivity index (χ0n) is 12.4. The minimum absolute atomic E-state index is 0.105. The quantitative estimate of drug-likeness (QED) is 0.818. The molecule has 0 heterocycles. The monoisotopic (exact) mass is 325 g/mol. The van der Waals surface area contributed by atoms with Crippen LogP contribution in [-0.4, -0.2) is 38.7 Å². The van der Waals surface area contributed by atoms with Crippen molar-refractivity contribution in [3.8, 4) is 0 Å². The molecule has 1 aliphatic rings. The van der Waals surface area contributed by atoms with Gasteiger partial charge in [-0.1, -0.05) is 31.0 Å². The van der Waals surface area contributed by atoms with E-state index in [1.165, 1.54) is 19.2 Å². The fraction of sp³-hybridized carbons (Fsp3) is 0.467. The summed E-state index contributed by atoms with van der Waals surface area (Å²) in [7, 11) is -2.44. The van der Waals surface area contributed by atoms with Crippen LogP contribution >= 0.6 is 0 Å². The van der Waals surface area contributed by atoms with E-state index in [2.05, 4.69) is 5.32 Å². The molecule has 1 amide bonds. The maximum atomic E-state index is 12.9. The fourth-order valence-corrected chi connectivity index (χ4v) is 4.76. The summed E-state index contributed by atoms with van der Waals surface area (Å²) in [6.45, 7) is -0.471. The summed E-state index contributed by atoms with van der Waals surface area (Å²) >= 11 is 0. The van der Waals surface area contributed by atoms with Crippen LogP contribution in [0.15, 0.2) is 35.2 Å². The zero-order valence-corrected chi connectivity index (χ0v) is 13.2. The first-order chi connectivity index (χ1) is 10.4. The first kappa shape index (κ1) is 16.5. The van der Waals surface area contributed by atoms with Gasteiger partial charge in [0, 0.05) is 7.05 Å². The standard InChI is InChI=1S/C15H19NO5S/c1-16-13(17)11-21-14(18)15(9-5-6-10-15)22(19,20)12-7-3-2-4-8-12/h2-4,7-8H,5-6,9-11H2,1H3,(H,16,17). The van der Waals surface area contributed by atoms with Gasteiger partial charge in [-0.2, -0.15) is 0 Å². The van der Waals surface area contributed by atoms with Crippen LogP contribution in [0.3, 0.4) is 0 Å². The number of ether oxygens (including phenoxy) is 1. The molecule has 1 aliphatic carbocycles. The van der Waals surface area contributed by atoms with E-state index in [0.717, 1.165) is 0 Å². The number of amides is 1. The van der Waals surface area contributed by atoms with Crippen LogP contribution < -0.4 is 5.32 Å². The van der Waals surface area contributed by atoms with Gasteiger partial charge in [-0.3, -0.25) is 9.59 Å². The molecule has 0 spiro atoms. The van der Waals surface area contributed by atoms with Crippen molar-refractivity contribution in [2.45, 2.75) is 35.3 Å². The molecule has 7 heteroatoms. The highest BCUT2D eigenvalue weighted by atomic mass is 32.2. The third kappa shape index (κ3) is 2.85. The van der Waals surface area contributed by atoms with Crippen LogP contribution in [0, 0.1) is 0 Å². The van der Waals surface area contributed by atoms with Gasteiger partial charge in [0.1, 0.15) is 0 Å². The van der Waals surface area contributed by atoms with E-state index in [9.17, 15) is 18.0 Å². The van der Waals surface area contributed by atoms with Gasteiger partial charge in [-0.05, 0) is 25.0 Å². The lowest BCUT2D eigenvalue weighted by molar-refractivity contribution is -0.151. The first-order valence-electron chi connectivity index (χ1n) is 7.11. The number of hydrogen-bond acceptors (Lipinski definition) is 5. The molecule has 22 heavy (non-hydrogen) atoms. The smallest absolute Gasteiger partial charge is 0.328 e. The van der Waals surface area contributed by atoms with Crippen LogP contribution in [0.2, 0.25) is 0 Å². The Morgan fingerprint density at radius 3 is 2.32 bits per heavy atom. The van der Waals surface area contributed by atoms with Gasteiger partial charge in [-0.15, -0.1) is 0 Å². The summed E-state index contributed by atoms with van der Waals surface area (Å²) in [6.07, 6.45) is 1.72. The van der Waals surface area contributed by atoms with Crippen molar-refractivity contribution in [1.29, 1.82) is 0 Å². The summed E-state index contributed by atoms with van der Waals surface area (Å²) in [4.78, 5) is 23.7. The number of sulfone groups is 1. The van der Waals surface area contributed by atoms with E-state index in [4.69, 9.17) is 4.74 Å². The summed E-state index contributed by atoms with van der Waals surface area (Å²) < 4.78 is 29.2. The SMILES string of the molecule is CNC(=O)COC(=O)C1(S(=O)(=O)c2ccccc2)CCCC1. The van der Waals surface area contributed by atoms with Crippen LogP contribution in [0.25, 0.3) is 0 Å². The van der Waals surface area contributed by atoms with Crippen LogP contribution in [0.5, 0.6) is 0 Å². The van der Waals surface area contributed by atoms with E-state index >= 15 is 0 Å². The van der Waals surface area contributed by atoms with Gasteiger partial charge in [-0.25, -0.2) is 8.42 Å². The third-order valence-corrected chi connectivity index (χ3v) is 6.46. The molecule has 1 N–H and O–H groups in total. The van der Waals surface area contributed by atoms with Crippen molar-refractivity contribution in [2.75, 3.05) is 13.7 Å². The molecular formula is C15H19NO5S. The summed E-state index contributed by atoms with van der Waals surface area (Å²) in [6, 6.07) is 7.89. The second-order valence-electron chi connectivity index (χ2n) is 5.27.